The van der Waals surface area contributed by atoms with Gasteiger partial charge in [-0.2, -0.15) is 0 Å². The fourth-order valence-corrected chi connectivity index (χ4v) is 1.34. The van der Waals surface area contributed by atoms with Crippen molar-refractivity contribution < 1.29 is 9.50 Å². The SMILES string of the molecule is CC(O)c1cnnn1-c1ccccc1F. The molecule has 2 aromatic rings. The highest BCUT2D eigenvalue weighted by molar-refractivity contribution is 5.33. The van der Waals surface area contributed by atoms with Crippen LogP contribution in [0.2, 0.25) is 0 Å². The molecular formula is C10H10FN3O. The van der Waals surface area contributed by atoms with Crippen molar-refractivity contribution in [2.45, 2.75) is 13.0 Å². The molecular weight excluding hydrogens is 197 g/mol. The minimum atomic E-state index is -0.736. The molecule has 0 aliphatic carbocycles. The summed E-state index contributed by atoms with van der Waals surface area (Å²) < 4.78 is 14.7. The third-order valence-electron chi connectivity index (χ3n) is 2.08. The molecule has 1 aromatic carbocycles. The third kappa shape index (κ3) is 1.73. The Labute approximate surface area is 86.0 Å². The highest BCUT2D eigenvalue weighted by Crippen LogP contribution is 2.17. The van der Waals surface area contributed by atoms with Gasteiger partial charge in [0, 0.05) is 0 Å². The summed E-state index contributed by atoms with van der Waals surface area (Å²) in [6.45, 7) is 1.58. The summed E-state index contributed by atoms with van der Waals surface area (Å²) in [4.78, 5) is 0. The van der Waals surface area contributed by atoms with E-state index in [-0.39, 0.29) is 5.69 Å². The maximum atomic E-state index is 13.4. The number of aliphatic hydroxyl groups excluding tert-OH is 1. The van der Waals surface area contributed by atoms with E-state index in [4.69, 9.17) is 0 Å². The molecule has 0 fully saturated rings. The first kappa shape index (κ1) is 9.79. The zero-order chi connectivity index (χ0) is 10.8. The minimum Gasteiger partial charge on any atom is -0.387 e. The lowest BCUT2D eigenvalue weighted by Crippen LogP contribution is -2.06. The molecule has 78 valence electrons. The predicted molar refractivity (Wildman–Crippen MR) is 52.0 cm³/mol. The molecule has 0 radical (unpaired) electrons. The molecule has 4 nitrogen and oxygen atoms in total. The van der Waals surface area contributed by atoms with Crippen molar-refractivity contribution in [3.63, 3.8) is 0 Å². The first-order valence-electron chi connectivity index (χ1n) is 4.53. The number of hydrogen-bond acceptors (Lipinski definition) is 3. The van der Waals surface area contributed by atoms with Gasteiger partial charge in [-0.1, -0.05) is 17.3 Å². The average Bonchev–Trinajstić information content (AvgIpc) is 2.67. The second-order valence-corrected chi connectivity index (χ2v) is 3.20. The highest BCUT2D eigenvalue weighted by Gasteiger charge is 2.13. The Morgan fingerprint density at radius 1 is 1.40 bits per heavy atom. The second-order valence-electron chi connectivity index (χ2n) is 3.20. The molecule has 1 unspecified atom stereocenters. The molecule has 1 heterocycles. The maximum Gasteiger partial charge on any atom is 0.148 e. The molecule has 0 bridgehead atoms. The van der Waals surface area contributed by atoms with Crippen LogP contribution in [0.25, 0.3) is 5.69 Å². The van der Waals surface area contributed by atoms with Crippen LogP contribution in [-0.4, -0.2) is 20.1 Å². The van der Waals surface area contributed by atoms with Crippen molar-refractivity contribution in [3.05, 3.63) is 42.0 Å². The van der Waals surface area contributed by atoms with Crippen molar-refractivity contribution in [2.75, 3.05) is 0 Å². The fourth-order valence-electron chi connectivity index (χ4n) is 1.34. The number of nitrogens with zero attached hydrogens (tertiary/aromatic N) is 3. The van der Waals surface area contributed by atoms with E-state index in [0.717, 1.165) is 0 Å². The lowest BCUT2D eigenvalue weighted by molar-refractivity contribution is 0.191. The Bertz CT molecular complexity index is 467. The van der Waals surface area contributed by atoms with Crippen LogP contribution < -0.4 is 0 Å². The van der Waals surface area contributed by atoms with Gasteiger partial charge in [0.15, 0.2) is 0 Å². The average molecular weight is 207 g/mol. The van der Waals surface area contributed by atoms with Gasteiger partial charge in [0.05, 0.1) is 18.0 Å². The van der Waals surface area contributed by atoms with E-state index in [9.17, 15) is 9.50 Å². The summed E-state index contributed by atoms with van der Waals surface area (Å²) in [6.07, 6.45) is 0.677. The standard InChI is InChI=1S/C10H10FN3O/c1-7(15)10-6-12-13-14(10)9-5-3-2-4-8(9)11/h2-7,15H,1H3. The smallest absolute Gasteiger partial charge is 0.148 e. The molecule has 0 saturated carbocycles. The maximum absolute atomic E-state index is 13.4. The summed E-state index contributed by atoms with van der Waals surface area (Å²) in [6, 6.07) is 6.21. The van der Waals surface area contributed by atoms with Crippen molar-refractivity contribution >= 4 is 0 Å². The molecule has 1 N–H and O–H groups in total. The van der Waals surface area contributed by atoms with Gasteiger partial charge in [0.1, 0.15) is 11.5 Å². The number of hydrogen-bond donors (Lipinski definition) is 1. The zero-order valence-electron chi connectivity index (χ0n) is 8.13. The normalized spacial score (nSPS) is 12.7. The van der Waals surface area contributed by atoms with E-state index in [0.29, 0.717) is 5.69 Å². The van der Waals surface area contributed by atoms with E-state index in [1.165, 1.54) is 16.9 Å². The van der Waals surface area contributed by atoms with E-state index in [1.54, 1.807) is 25.1 Å². The number of aliphatic hydroxyl groups is 1. The largest absolute Gasteiger partial charge is 0.387 e. The van der Waals surface area contributed by atoms with Gasteiger partial charge in [-0.15, -0.1) is 5.10 Å². The Kier molecular flexibility index (Phi) is 2.47. The fraction of sp³-hybridized carbons (Fsp3) is 0.200. The summed E-state index contributed by atoms with van der Waals surface area (Å²) in [7, 11) is 0. The Morgan fingerprint density at radius 2 is 2.13 bits per heavy atom. The second kappa shape index (κ2) is 3.78. The van der Waals surface area contributed by atoms with E-state index >= 15 is 0 Å². The van der Waals surface area contributed by atoms with Crippen molar-refractivity contribution in [1.29, 1.82) is 0 Å². The number of rotatable bonds is 2. The molecule has 0 amide bonds. The van der Waals surface area contributed by atoms with Crippen LogP contribution in [-0.2, 0) is 0 Å². The summed E-state index contributed by atoms with van der Waals surface area (Å²) in [5.74, 6) is -0.398. The van der Waals surface area contributed by atoms with Crippen LogP contribution in [0.3, 0.4) is 0 Å². The Morgan fingerprint density at radius 3 is 2.80 bits per heavy atom. The monoisotopic (exact) mass is 207 g/mol. The van der Waals surface area contributed by atoms with E-state index in [1.807, 2.05) is 0 Å². The summed E-state index contributed by atoms with van der Waals surface area (Å²) >= 11 is 0. The number of benzene rings is 1. The van der Waals surface area contributed by atoms with E-state index in [2.05, 4.69) is 10.3 Å². The molecule has 0 saturated heterocycles. The third-order valence-corrected chi connectivity index (χ3v) is 2.08. The van der Waals surface area contributed by atoms with Gasteiger partial charge in [0.2, 0.25) is 0 Å². The predicted octanol–water partition coefficient (Wildman–Crippen LogP) is 1.46. The van der Waals surface area contributed by atoms with Gasteiger partial charge >= 0.3 is 0 Å². The van der Waals surface area contributed by atoms with Crippen molar-refractivity contribution in [3.8, 4) is 5.69 Å². The van der Waals surface area contributed by atoms with Gasteiger partial charge in [-0.05, 0) is 19.1 Å². The summed E-state index contributed by atoms with van der Waals surface area (Å²) in [5, 5.41) is 16.8. The number of para-hydroxylation sites is 1. The first-order valence-corrected chi connectivity index (χ1v) is 4.53. The molecule has 15 heavy (non-hydrogen) atoms. The minimum absolute atomic E-state index is 0.283. The topological polar surface area (TPSA) is 50.9 Å². The molecule has 1 aromatic heterocycles. The van der Waals surface area contributed by atoms with Crippen molar-refractivity contribution in [1.82, 2.24) is 15.0 Å². The van der Waals surface area contributed by atoms with Gasteiger partial charge in [0.25, 0.3) is 0 Å². The van der Waals surface area contributed by atoms with Crippen LogP contribution in [0, 0.1) is 5.82 Å². The van der Waals surface area contributed by atoms with Gasteiger partial charge < -0.3 is 5.11 Å². The number of halogens is 1. The molecule has 2 rings (SSSR count). The van der Waals surface area contributed by atoms with Crippen LogP contribution in [0.1, 0.15) is 18.7 Å². The zero-order valence-corrected chi connectivity index (χ0v) is 8.13. The van der Waals surface area contributed by atoms with Crippen molar-refractivity contribution in [2.24, 2.45) is 0 Å². The quantitative estimate of drug-likeness (QED) is 0.811. The molecule has 0 aliphatic heterocycles. The first-order chi connectivity index (χ1) is 7.20. The lowest BCUT2D eigenvalue weighted by atomic mass is 10.2. The molecule has 5 heteroatoms. The molecule has 0 aliphatic rings. The Hall–Kier alpha value is -1.75. The van der Waals surface area contributed by atoms with Gasteiger partial charge in [-0.3, -0.25) is 0 Å². The molecule has 1 atom stereocenters. The van der Waals surface area contributed by atoms with Gasteiger partial charge in [-0.25, -0.2) is 9.07 Å². The lowest BCUT2D eigenvalue weighted by Gasteiger charge is -2.08. The Balaban J connectivity index is 2.55. The van der Waals surface area contributed by atoms with Crippen LogP contribution >= 0.6 is 0 Å². The summed E-state index contributed by atoms with van der Waals surface area (Å²) in [5.41, 5.74) is 0.742. The highest BCUT2D eigenvalue weighted by atomic mass is 19.1. The van der Waals surface area contributed by atoms with Crippen LogP contribution in [0.4, 0.5) is 4.39 Å². The van der Waals surface area contributed by atoms with E-state index < -0.39 is 11.9 Å². The van der Waals surface area contributed by atoms with Crippen LogP contribution in [0.15, 0.2) is 30.5 Å². The number of aromatic nitrogens is 3. The molecule has 0 spiro atoms. The van der Waals surface area contributed by atoms with Crippen LogP contribution in [0.5, 0.6) is 0 Å².